The van der Waals surface area contributed by atoms with Crippen LogP contribution in [0.25, 0.3) is 0 Å². The molecule has 0 saturated heterocycles. The molecular weight excluding hydrogens is 372 g/mol. The molecule has 0 aliphatic rings. The van der Waals surface area contributed by atoms with Crippen molar-refractivity contribution in [1.29, 1.82) is 0 Å². The molecule has 1 aromatic rings. The molecule has 0 fully saturated rings. The maximum absolute atomic E-state index is 12.3. The van der Waals surface area contributed by atoms with Crippen LogP contribution in [0.1, 0.15) is 134 Å². The molecule has 172 valence electrons. The van der Waals surface area contributed by atoms with Crippen LogP contribution in [0.3, 0.4) is 0 Å². The number of carbonyl (C=O) groups is 1. The summed E-state index contributed by atoms with van der Waals surface area (Å²) in [6.45, 7) is 8.96. The number of benzene rings is 1. The summed E-state index contributed by atoms with van der Waals surface area (Å²) in [7, 11) is 0. The largest absolute Gasteiger partial charge is 0.507 e. The minimum atomic E-state index is -0.423. The Morgan fingerprint density at radius 1 is 0.800 bits per heavy atom. The first-order valence-electron chi connectivity index (χ1n) is 12.4. The van der Waals surface area contributed by atoms with Crippen LogP contribution in [0, 0.1) is 0 Å². The molecule has 0 aliphatic carbocycles. The normalized spacial score (nSPS) is 11.6. The van der Waals surface area contributed by atoms with Gasteiger partial charge in [0.25, 0.3) is 0 Å². The summed E-state index contributed by atoms with van der Waals surface area (Å²) in [4.78, 5) is 12.3. The smallest absolute Gasteiger partial charge is 0.341 e. The average molecular weight is 419 g/mol. The number of ether oxygens (including phenoxy) is 1. The van der Waals surface area contributed by atoms with Gasteiger partial charge in [0.2, 0.25) is 0 Å². The zero-order valence-corrected chi connectivity index (χ0v) is 20.1. The van der Waals surface area contributed by atoms with Gasteiger partial charge in [0.05, 0.1) is 6.61 Å². The first kappa shape index (κ1) is 26.5. The van der Waals surface area contributed by atoms with E-state index in [9.17, 15) is 9.90 Å². The molecule has 0 atom stereocenters. The second-order valence-corrected chi connectivity index (χ2v) is 9.71. The molecule has 0 amide bonds. The molecule has 30 heavy (non-hydrogen) atoms. The zero-order valence-electron chi connectivity index (χ0n) is 20.1. The fourth-order valence-electron chi connectivity index (χ4n) is 3.71. The molecule has 1 rings (SSSR count). The van der Waals surface area contributed by atoms with E-state index in [2.05, 4.69) is 27.7 Å². The van der Waals surface area contributed by atoms with Crippen molar-refractivity contribution in [2.45, 2.75) is 123 Å². The van der Waals surface area contributed by atoms with Crippen LogP contribution in [0.5, 0.6) is 5.75 Å². The maximum Gasteiger partial charge on any atom is 0.341 e. The van der Waals surface area contributed by atoms with E-state index in [0.717, 1.165) is 18.4 Å². The predicted molar refractivity (Wildman–Crippen MR) is 127 cm³/mol. The average Bonchev–Trinajstić information content (AvgIpc) is 2.70. The van der Waals surface area contributed by atoms with Crippen LogP contribution in [0.2, 0.25) is 0 Å². The van der Waals surface area contributed by atoms with Crippen LogP contribution in [-0.2, 0) is 10.2 Å². The molecule has 1 N–H and O–H groups in total. The van der Waals surface area contributed by atoms with Crippen molar-refractivity contribution < 1.29 is 14.6 Å². The molecule has 3 heteroatoms. The van der Waals surface area contributed by atoms with E-state index in [-0.39, 0.29) is 16.7 Å². The van der Waals surface area contributed by atoms with E-state index in [1.807, 2.05) is 6.07 Å². The van der Waals surface area contributed by atoms with Crippen molar-refractivity contribution in [3.63, 3.8) is 0 Å². The summed E-state index contributed by atoms with van der Waals surface area (Å²) in [5, 5.41) is 10.00. The minimum absolute atomic E-state index is 0.00559. The van der Waals surface area contributed by atoms with Crippen LogP contribution < -0.4 is 0 Å². The number of carbonyl (C=O) groups excluding carboxylic acids is 1. The predicted octanol–water partition coefficient (Wildman–Crippen LogP) is 8.33. The van der Waals surface area contributed by atoms with Crippen molar-refractivity contribution in [2.24, 2.45) is 0 Å². The van der Waals surface area contributed by atoms with Gasteiger partial charge >= 0.3 is 5.97 Å². The van der Waals surface area contributed by atoms with Crippen LogP contribution >= 0.6 is 0 Å². The molecule has 0 aliphatic heterocycles. The topological polar surface area (TPSA) is 46.5 Å². The molecular formula is C27H46O3. The Balaban J connectivity index is 2.04. The molecule has 0 aromatic heterocycles. The highest BCUT2D eigenvalue weighted by Gasteiger charge is 2.19. The Labute approximate surface area is 185 Å². The standard InChI is InChI=1S/C27H46O3/c1-5-6-7-8-9-10-11-12-13-14-15-16-17-18-21-30-26(29)24-22-23(27(2,3)4)19-20-25(24)28/h19-20,22,28H,5-18,21H2,1-4H3. The van der Waals surface area contributed by atoms with Crippen molar-refractivity contribution in [3.8, 4) is 5.75 Å². The lowest BCUT2D eigenvalue weighted by molar-refractivity contribution is 0.0494. The summed E-state index contributed by atoms with van der Waals surface area (Å²) < 4.78 is 5.38. The highest BCUT2D eigenvalue weighted by molar-refractivity contribution is 5.92. The number of aromatic hydroxyl groups is 1. The Bertz CT molecular complexity index is 586. The van der Waals surface area contributed by atoms with Gasteiger partial charge in [0.15, 0.2) is 0 Å². The Hall–Kier alpha value is -1.51. The van der Waals surface area contributed by atoms with Gasteiger partial charge in [-0.15, -0.1) is 0 Å². The van der Waals surface area contributed by atoms with Gasteiger partial charge in [-0.1, -0.05) is 117 Å². The Morgan fingerprint density at radius 2 is 1.27 bits per heavy atom. The van der Waals surface area contributed by atoms with Gasteiger partial charge in [0.1, 0.15) is 11.3 Å². The van der Waals surface area contributed by atoms with Crippen LogP contribution in [0.4, 0.5) is 0 Å². The number of phenolic OH excluding ortho intramolecular Hbond substituents is 1. The van der Waals surface area contributed by atoms with Crippen LogP contribution in [-0.4, -0.2) is 17.7 Å². The molecule has 0 spiro atoms. The van der Waals surface area contributed by atoms with Gasteiger partial charge in [-0.3, -0.25) is 0 Å². The SMILES string of the molecule is CCCCCCCCCCCCCCCCOC(=O)c1cc(C(C)(C)C)ccc1O. The summed E-state index contributed by atoms with van der Waals surface area (Å²) in [5.74, 6) is -0.428. The molecule has 0 bridgehead atoms. The molecule has 0 heterocycles. The lowest BCUT2D eigenvalue weighted by atomic mass is 9.86. The molecule has 0 saturated carbocycles. The first-order valence-corrected chi connectivity index (χ1v) is 12.4. The molecule has 3 nitrogen and oxygen atoms in total. The highest BCUT2D eigenvalue weighted by Crippen LogP contribution is 2.27. The van der Waals surface area contributed by atoms with Gasteiger partial charge in [-0.05, 0) is 29.5 Å². The summed E-state index contributed by atoms with van der Waals surface area (Å²) in [6, 6.07) is 5.20. The lowest BCUT2D eigenvalue weighted by Crippen LogP contribution is -2.13. The summed E-state index contributed by atoms with van der Waals surface area (Å²) >= 11 is 0. The number of hydrogen-bond donors (Lipinski definition) is 1. The second kappa shape index (κ2) is 15.3. The molecule has 0 radical (unpaired) electrons. The number of hydrogen-bond acceptors (Lipinski definition) is 3. The molecule has 0 unspecified atom stereocenters. The fourth-order valence-corrected chi connectivity index (χ4v) is 3.71. The maximum atomic E-state index is 12.3. The van der Waals surface area contributed by atoms with Gasteiger partial charge in [-0.2, -0.15) is 0 Å². The fraction of sp³-hybridized carbons (Fsp3) is 0.741. The highest BCUT2D eigenvalue weighted by atomic mass is 16.5. The molecule has 1 aromatic carbocycles. The third-order valence-corrected chi connectivity index (χ3v) is 5.81. The van der Waals surface area contributed by atoms with E-state index < -0.39 is 5.97 Å². The van der Waals surface area contributed by atoms with Crippen LogP contribution in [0.15, 0.2) is 18.2 Å². The summed E-state index contributed by atoms with van der Waals surface area (Å²) in [5.41, 5.74) is 1.22. The monoisotopic (exact) mass is 418 g/mol. The van der Waals surface area contributed by atoms with Crippen molar-refractivity contribution in [1.82, 2.24) is 0 Å². The van der Waals surface area contributed by atoms with E-state index in [4.69, 9.17) is 4.74 Å². The van der Waals surface area contributed by atoms with E-state index in [1.54, 1.807) is 12.1 Å². The third-order valence-electron chi connectivity index (χ3n) is 5.81. The quantitative estimate of drug-likeness (QED) is 0.217. The first-order chi connectivity index (χ1) is 14.4. The summed E-state index contributed by atoms with van der Waals surface area (Å²) in [6.07, 6.45) is 18.3. The van der Waals surface area contributed by atoms with E-state index in [0.29, 0.717) is 6.61 Å². The van der Waals surface area contributed by atoms with Gasteiger partial charge < -0.3 is 9.84 Å². The Morgan fingerprint density at radius 3 is 1.73 bits per heavy atom. The minimum Gasteiger partial charge on any atom is -0.507 e. The number of unbranched alkanes of at least 4 members (excludes halogenated alkanes) is 13. The lowest BCUT2D eigenvalue weighted by Gasteiger charge is -2.20. The van der Waals surface area contributed by atoms with Gasteiger partial charge in [-0.25, -0.2) is 4.79 Å². The third kappa shape index (κ3) is 11.6. The van der Waals surface area contributed by atoms with Crippen molar-refractivity contribution >= 4 is 5.97 Å². The number of rotatable bonds is 16. The Kier molecular flexibility index (Phi) is 13.5. The number of esters is 1. The van der Waals surface area contributed by atoms with E-state index in [1.165, 1.54) is 77.0 Å². The van der Waals surface area contributed by atoms with Gasteiger partial charge in [0, 0.05) is 0 Å². The zero-order chi connectivity index (χ0) is 22.2. The van der Waals surface area contributed by atoms with Crippen molar-refractivity contribution in [2.75, 3.05) is 6.61 Å². The second-order valence-electron chi connectivity index (χ2n) is 9.71. The van der Waals surface area contributed by atoms with E-state index >= 15 is 0 Å². The number of phenols is 1. The van der Waals surface area contributed by atoms with Crippen molar-refractivity contribution in [3.05, 3.63) is 29.3 Å².